The number of aromatic nitrogens is 2. The quantitative estimate of drug-likeness (QED) is 0.122. The van der Waals surface area contributed by atoms with Gasteiger partial charge < -0.3 is 35.2 Å². The number of aliphatic hydroxyl groups is 1. The lowest BCUT2D eigenvalue weighted by molar-refractivity contribution is -0.140. The van der Waals surface area contributed by atoms with Crippen molar-refractivity contribution in [2.75, 3.05) is 13.2 Å². The Balaban J connectivity index is 0.000000236. The zero-order valence-electron chi connectivity index (χ0n) is 23.7. The Morgan fingerprint density at radius 1 is 1.14 bits per heavy atom. The lowest BCUT2D eigenvalue weighted by Crippen LogP contribution is -2.33. The molecule has 1 aromatic carbocycles. The molecule has 0 bridgehead atoms. The van der Waals surface area contributed by atoms with Crippen LogP contribution in [0.25, 0.3) is 0 Å². The third kappa shape index (κ3) is 10.8. The Morgan fingerprint density at radius 3 is 2.37 bits per heavy atom. The van der Waals surface area contributed by atoms with Gasteiger partial charge in [0.25, 0.3) is 5.56 Å². The van der Waals surface area contributed by atoms with E-state index in [1.165, 1.54) is 13.1 Å². The van der Waals surface area contributed by atoms with Crippen LogP contribution in [0.4, 0.5) is 0 Å². The highest BCUT2D eigenvalue weighted by atomic mass is 31.2. The van der Waals surface area contributed by atoms with Crippen LogP contribution < -0.4 is 21.7 Å². The molecule has 0 radical (unpaired) electrons. The maximum Gasteiger partial charge on any atom is 0.469 e. The van der Waals surface area contributed by atoms with Crippen molar-refractivity contribution in [2.24, 2.45) is 17.6 Å². The molecule has 0 spiro atoms. The summed E-state index contributed by atoms with van der Waals surface area (Å²) in [5, 5.41) is 18.4. The number of rotatable bonds is 10. The Labute approximate surface area is 246 Å². The summed E-state index contributed by atoms with van der Waals surface area (Å²) in [6.07, 6.45) is 2.68. The van der Waals surface area contributed by atoms with E-state index in [1.807, 2.05) is 0 Å². The number of H-pyrrole nitrogens is 1. The maximum absolute atomic E-state index is 12.1. The predicted octanol–water partition coefficient (Wildman–Crippen LogP) is 0.977. The summed E-state index contributed by atoms with van der Waals surface area (Å²) in [6, 6.07) is 7.05. The number of phosphoric ester groups is 1. The molecule has 2 aliphatic rings. The topological polar surface area (TPSA) is 241 Å². The third-order valence-electron chi connectivity index (χ3n) is 7.35. The number of ether oxygens (including phenoxy) is 2. The molecule has 1 aliphatic carbocycles. The Kier molecular flexibility index (Phi) is 12.4. The fraction of sp³-hybridized carbons (Fsp3) is 0.556. The van der Waals surface area contributed by atoms with Crippen LogP contribution in [0.3, 0.4) is 0 Å². The second kappa shape index (κ2) is 15.5. The minimum Gasteiger partial charge on any atom is -0.481 e. The average molecular weight is 628 g/mol. The standard InChI is InChI=1S/C17H23NO4.C10H15N2O8P/c18-11-13-1-6-14(7-2-13)17(21)22-15-8-3-12(4-9-15)5-10-16(19)20;1-5-3-12(10(15)11-9(5)14)8-2-6(13)7(20-8)4-19-21(16,17)18/h3-4,8-9,13-14H,1-2,5-7,10-11,18H2,(H,19,20);3,6-8,13H,2,4H2,1H3,(H,11,14,15)(H2,16,17,18)/t13-,14-;6-,7+,8+/m.0/s1. The minimum atomic E-state index is -4.67. The monoisotopic (exact) mass is 627 g/mol. The molecule has 4 rings (SSSR count). The number of carbonyl (C=O) groups excluding carboxylic acids is 1. The van der Waals surface area contributed by atoms with Crippen LogP contribution in [-0.2, 0) is 29.8 Å². The van der Waals surface area contributed by atoms with Crippen LogP contribution in [0.2, 0.25) is 0 Å². The first-order valence-electron chi connectivity index (χ1n) is 13.8. The predicted molar refractivity (Wildman–Crippen MR) is 151 cm³/mol. The van der Waals surface area contributed by atoms with E-state index in [9.17, 15) is 28.8 Å². The molecule has 1 saturated heterocycles. The van der Waals surface area contributed by atoms with E-state index in [1.54, 1.807) is 24.3 Å². The first-order valence-corrected chi connectivity index (χ1v) is 15.4. The largest absolute Gasteiger partial charge is 0.481 e. The molecule has 43 heavy (non-hydrogen) atoms. The number of esters is 1. The molecule has 1 aliphatic heterocycles. The molecule has 1 saturated carbocycles. The van der Waals surface area contributed by atoms with Crippen LogP contribution in [0.1, 0.15) is 55.9 Å². The Morgan fingerprint density at radius 2 is 1.79 bits per heavy atom. The molecule has 3 atom stereocenters. The van der Waals surface area contributed by atoms with Gasteiger partial charge in [0, 0.05) is 24.6 Å². The lowest BCUT2D eigenvalue weighted by Gasteiger charge is -2.26. The van der Waals surface area contributed by atoms with Crippen molar-refractivity contribution in [1.29, 1.82) is 0 Å². The summed E-state index contributed by atoms with van der Waals surface area (Å²) in [7, 11) is -4.67. The Hall–Kier alpha value is -3.17. The van der Waals surface area contributed by atoms with E-state index in [0.29, 0.717) is 30.2 Å². The number of nitrogens with one attached hydrogen (secondary N) is 1. The molecule has 2 aromatic rings. The van der Waals surface area contributed by atoms with Gasteiger partial charge in [0.2, 0.25) is 0 Å². The van der Waals surface area contributed by atoms with Crippen LogP contribution in [0.15, 0.2) is 40.1 Å². The van der Waals surface area contributed by atoms with Crippen molar-refractivity contribution in [3.8, 4) is 5.75 Å². The van der Waals surface area contributed by atoms with Gasteiger partial charge in [0.15, 0.2) is 0 Å². The second-order valence-electron chi connectivity index (χ2n) is 10.6. The molecule has 15 nitrogen and oxygen atoms in total. The molecule has 0 unspecified atom stereocenters. The number of nitrogens with zero attached hydrogens (tertiary/aromatic N) is 1. The van der Waals surface area contributed by atoms with Crippen molar-refractivity contribution < 1.29 is 48.2 Å². The van der Waals surface area contributed by atoms with Crippen molar-refractivity contribution in [3.05, 3.63) is 62.4 Å². The smallest absolute Gasteiger partial charge is 0.469 e. The first kappa shape index (κ1) is 34.3. The number of phosphoric acid groups is 1. The molecule has 2 fully saturated rings. The molecule has 0 amide bonds. The van der Waals surface area contributed by atoms with Gasteiger partial charge in [-0.1, -0.05) is 12.1 Å². The molecule has 16 heteroatoms. The van der Waals surface area contributed by atoms with Crippen molar-refractivity contribution in [3.63, 3.8) is 0 Å². The summed E-state index contributed by atoms with van der Waals surface area (Å²) in [4.78, 5) is 65.0. The molecule has 7 N–H and O–H groups in total. The van der Waals surface area contributed by atoms with Gasteiger partial charge in [-0.3, -0.25) is 28.5 Å². The zero-order valence-corrected chi connectivity index (χ0v) is 24.6. The molecule has 1 aromatic heterocycles. The maximum atomic E-state index is 12.1. The van der Waals surface area contributed by atoms with Crippen LogP contribution >= 0.6 is 7.82 Å². The van der Waals surface area contributed by atoms with Gasteiger partial charge in [-0.2, -0.15) is 0 Å². The molecule has 2 heterocycles. The van der Waals surface area contributed by atoms with E-state index in [0.717, 1.165) is 35.8 Å². The van der Waals surface area contributed by atoms with Gasteiger partial charge in [-0.05, 0) is 69.2 Å². The number of hydrogen-bond donors (Lipinski definition) is 6. The number of aromatic amines is 1. The van der Waals surface area contributed by atoms with Gasteiger partial charge in [-0.25, -0.2) is 9.36 Å². The van der Waals surface area contributed by atoms with Gasteiger partial charge in [0.05, 0.1) is 18.6 Å². The highest BCUT2D eigenvalue weighted by Gasteiger charge is 2.37. The van der Waals surface area contributed by atoms with E-state index in [2.05, 4.69) is 9.51 Å². The summed E-state index contributed by atoms with van der Waals surface area (Å²) < 4.78 is 26.8. The van der Waals surface area contributed by atoms with Crippen LogP contribution in [-0.4, -0.2) is 66.8 Å². The van der Waals surface area contributed by atoms with E-state index < -0.39 is 50.1 Å². The molecular formula is C27H38N3O12P. The highest BCUT2D eigenvalue weighted by Crippen LogP contribution is 2.38. The van der Waals surface area contributed by atoms with Crippen LogP contribution in [0, 0.1) is 18.8 Å². The summed E-state index contributed by atoms with van der Waals surface area (Å²) in [5.74, 6) is 0.0365. The zero-order chi connectivity index (χ0) is 31.7. The van der Waals surface area contributed by atoms with Gasteiger partial charge in [0.1, 0.15) is 18.1 Å². The fourth-order valence-electron chi connectivity index (χ4n) is 4.82. The fourth-order valence-corrected chi connectivity index (χ4v) is 5.16. The number of nitrogens with two attached hydrogens (primary N) is 1. The van der Waals surface area contributed by atoms with Crippen molar-refractivity contribution >= 4 is 19.8 Å². The first-order chi connectivity index (χ1) is 20.3. The van der Waals surface area contributed by atoms with E-state index in [-0.39, 0.29) is 24.7 Å². The number of hydrogen-bond acceptors (Lipinski definition) is 10. The van der Waals surface area contributed by atoms with Crippen molar-refractivity contribution in [2.45, 2.75) is 70.3 Å². The summed E-state index contributed by atoms with van der Waals surface area (Å²) >= 11 is 0. The number of aliphatic hydroxyl groups excluding tert-OH is 1. The van der Waals surface area contributed by atoms with Crippen LogP contribution in [0.5, 0.6) is 5.75 Å². The highest BCUT2D eigenvalue weighted by molar-refractivity contribution is 7.46. The lowest BCUT2D eigenvalue weighted by atomic mass is 9.82. The number of carbonyl (C=O) groups is 2. The Bertz CT molecular complexity index is 1400. The molecule has 238 valence electrons. The average Bonchev–Trinajstić information content (AvgIpc) is 3.33. The number of carboxylic acids is 1. The van der Waals surface area contributed by atoms with Gasteiger partial charge >= 0.3 is 25.5 Å². The number of carboxylic acid groups (broad SMARTS) is 1. The third-order valence-corrected chi connectivity index (χ3v) is 7.84. The van der Waals surface area contributed by atoms with Gasteiger partial charge in [-0.15, -0.1) is 0 Å². The van der Waals surface area contributed by atoms with E-state index in [4.69, 9.17) is 30.1 Å². The summed E-state index contributed by atoms with van der Waals surface area (Å²) in [5.41, 5.74) is 5.66. The normalized spacial score (nSPS) is 23.7. The van der Waals surface area contributed by atoms with Crippen molar-refractivity contribution in [1.82, 2.24) is 9.55 Å². The van der Waals surface area contributed by atoms with E-state index >= 15 is 0 Å². The SMILES string of the molecule is Cc1cn([C@H]2C[C@H](O)[C@@H](COP(=O)(O)O)O2)c(=O)[nH]c1=O.NC[C@H]1CC[C@H](C(=O)Oc2ccc(CCC(=O)O)cc2)CC1. The minimum absolute atomic E-state index is 0.0283. The number of aryl methyl sites for hydroxylation is 2. The number of benzene rings is 1. The summed E-state index contributed by atoms with van der Waals surface area (Å²) in [6.45, 7) is 1.69. The second-order valence-corrected chi connectivity index (χ2v) is 11.8. The number of aliphatic carboxylic acids is 1. The molecular weight excluding hydrogens is 589 g/mol.